The first-order valence-electron chi connectivity index (χ1n) is 9.20. The Hall–Kier alpha value is -2.21. The predicted molar refractivity (Wildman–Crippen MR) is 104 cm³/mol. The van der Waals surface area contributed by atoms with E-state index in [1.165, 1.54) is 27.8 Å². The van der Waals surface area contributed by atoms with Gasteiger partial charge in [-0.25, -0.2) is 4.98 Å². The maximum Gasteiger partial charge on any atom is 0.262 e. The van der Waals surface area contributed by atoms with Gasteiger partial charge in [-0.05, 0) is 58.1 Å². The van der Waals surface area contributed by atoms with Crippen molar-refractivity contribution >= 4 is 27.3 Å². The van der Waals surface area contributed by atoms with Crippen molar-refractivity contribution in [2.75, 3.05) is 0 Å². The summed E-state index contributed by atoms with van der Waals surface area (Å²) in [6, 6.07) is 1.92. The fourth-order valence-corrected chi connectivity index (χ4v) is 5.32. The van der Waals surface area contributed by atoms with E-state index in [1.807, 2.05) is 19.9 Å². The molecule has 6 heteroatoms. The number of carbonyl (C=O) groups excluding carboxylic acids is 1. The molecule has 0 aliphatic heterocycles. The van der Waals surface area contributed by atoms with E-state index < -0.39 is 0 Å². The standard InChI is InChI=1S/C20H23N3O2S/c1-4-23-12(2)9-15(13(23)3)16(24)10-22-11-21-19-18(20(22)25)14-7-5-6-8-17(14)26-19/h9,11H,4-8,10H2,1-3H3. The molecule has 3 heterocycles. The minimum absolute atomic E-state index is 0.0369. The molecule has 0 bridgehead atoms. The third-order valence-corrected chi connectivity index (χ3v) is 6.65. The lowest BCUT2D eigenvalue weighted by atomic mass is 9.97. The van der Waals surface area contributed by atoms with Crippen molar-refractivity contribution in [1.29, 1.82) is 0 Å². The summed E-state index contributed by atoms with van der Waals surface area (Å²) < 4.78 is 3.59. The lowest BCUT2D eigenvalue weighted by Crippen LogP contribution is -2.25. The van der Waals surface area contributed by atoms with E-state index in [0.717, 1.165) is 47.4 Å². The minimum Gasteiger partial charge on any atom is -0.349 e. The summed E-state index contributed by atoms with van der Waals surface area (Å²) in [4.78, 5) is 32.4. The Morgan fingerprint density at radius 3 is 2.77 bits per heavy atom. The van der Waals surface area contributed by atoms with Crippen molar-refractivity contribution < 1.29 is 4.79 Å². The van der Waals surface area contributed by atoms with Gasteiger partial charge in [-0.1, -0.05) is 0 Å². The molecular weight excluding hydrogens is 346 g/mol. The van der Waals surface area contributed by atoms with Crippen LogP contribution in [-0.4, -0.2) is 19.9 Å². The Bertz CT molecular complexity index is 1070. The number of hydrogen-bond donors (Lipinski definition) is 0. The summed E-state index contributed by atoms with van der Waals surface area (Å²) in [6.45, 7) is 6.91. The molecule has 26 heavy (non-hydrogen) atoms. The van der Waals surface area contributed by atoms with Crippen molar-refractivity contribution in [3.05, 3.63) is 50.1 Å². The molecule has 1 aliphatic carbocycles. The Balaban J connectivity index is 1.73. The zero-order valence-electron chi connectivity index (χ0n) is 15.5. The van der Waals surface area contributed by atoms with E-state index in [-0.39, 0.29) is 17.9 Å². The second kappa shape index (κ2) is 6.50. The Kier molecular flexibility index (Phi) is 4.31. The summed E-state index contributed by atoms with van der Waals surface area (Å²) in [5, 5.41) is 0.735. The second-order valence-electron chi connectivity index (χ2n) is 7.02. The highest BCUT2D eigenvalue weighted by molar-refractivity contribution is 7.18. The number of rotatable bonds is 4. The number of nitrogens with zero attached hydrogens (tertiary/aromatic N) is 3. The number of hydrogen-bond acceptors (Lipinski definition) is 4. The highest BCUT2D eigenvalue weighted by Crippen LogP contribution is 2.33. The Labute approximate surface area is 156 Å². The number of thiophene rings is 1. The SMILES string of the molecule is CCn1c(C)cc(C(=O)Cn2cnc3sc4c(c3c2=O)CCCC4)c1C. The molecule has 0 fully saturated rings. The highest BCUT2D eigenvalue weighted by Gasteiger charge is 2.21. The quantitative estimate of drug-likeness (QED) is 0.660. The average molecular weight is 369 g/mol. The molecule has 0 radical (unpaired) electrons. The number of ketones is 1. The van der Waals surface area contributed by atoms with E-state index in [1.54, 1.807) is 11.3 Å². The fourth-order valence-electron chi connectivity index (χ4n) is 4.10. The van der Waals surface area contributed by atoms with Crippen LogP contribution in [0.5, 0.6) is 0 Å². The molecule has 0 aromatic carbocycles. The molecule has 0 unspecified atom stereocenters. The zero-order valence-corrected chi connectivity index (χ0v) is 16.3. The van der Waals surface area contributed by atoms with Gasteiger partial charge in [0, 0.05) is 28.4 Å². The van der Waals surface area contributed by atoms with E-state index in [0.29, 0.717) is 5.56 Å². The van der Waals surface area contributed by atoms with Gasteiger partial charge in [0.25, 0.3) is 5.56 Å². The molecule has 0 saturated heterocycles. The van der Waals surface area contributed by atoms with Gasteiger partial charge >= 0.3 is 0 Å². The van der Waals surface area contributed by atoms with Crippen LogP contribution >= 0.6 is 11.3 Å². The Morgan fingerprint density at radius 1 is 1.27 bits per heavy atom. The lowest BCUT2D eigenvalue weighted by molar-refractivity contribution is 0.0970. The fraction of sp³-hybridized carbons (Fsp3) is 0.450. The zero-order chi connectivity index (χ0) is 18.4. The summed E-state index contributed by atoms with van der Waals surface area (Å²) in [5.74, 6) is -0.0369. The predicted octanol–water partition coefficient (Wildman–Crippen LogP) is 3.66. The molecule has 0 amide bonds. The van der Waals surface area contributed by atoms with Gasteiger partial charge < -0.3 is 4.57 Å². The summed E-state index contributed by atoms with van der Waals surface area (Å²) >= 11 is 1.64. The minimum atomic E-state index is -0.0768. The lowest BCUT2D eigenvalue weighted by Gasteiger charge is -2.10. The first-order valence-corrected chi connectivity index (χ1v) is 10.0. The van der Waals surface area contributed by atoms with Crippen LogP contribution in [0.1, 0.15) is 52.0 Å². The number of aryl methyl sites for hydroxylation is 3. The van der Waals surface area contributed by atoms with Crippen molar-refractivity contribution in [2.45, 2.75) is 59.5 Å². The van der Waals surface area contributed by atoms with Crippen molar-refractivity contribution in [2.24, 2.45) is 0 Å². The van der Waals surface area contributed by atoms with E-state index in [9.17, 15) is 9.59 Å². The van der Waals surface area contributed by atoms with E-state index in [2.05, 4.69) is 16.5 Å². The molecule has 5 nitrogen and oxygen atoms in total. The van der Waals surface area contributed by atoms with Crippen LogP contribution < -0.4 is 5.56 Å². The molecule has 4 rings (SSSR count). The monoisotopic (exact) mass is 369 g/mol. The molecule has 3 aromatic rings. The topological polar surface area (TPSA) is 56.9 Å². The molecule has 0 atom stereocenters. The van der Waals surface area contributed by atoms with Gasteiger partial charge in [0.1, 0.15) is 4.83 Å². The van der Waals surface area contributed by atoms with Gasteiger partial charge in [-0.3, -0.25) is 14.2 Å². The van der Waals surface area contributed by atoms with Crippen LogP contribution in [0, 0.1) is 13.8 Å². The first-order chi connectivity index (χ1) is 12.5. The van der Waals surface area contributed by atoms with Crippen LogP contribution in [-0.2, 0) is 25.9 Å². The van der Waals surface area contributed by atoms with Crippen molar-refractivity contribution in [1.82, 2.24) is 14.1 Å². The largest absolute Gasteiger partial charge is 0.349 e. The second-order valence-corrected chi connectivity index (χ2v) is 8.10. The van der Waals surface area contributed by atoms with Crippen molar-refractivity contribution in [3.8, 4) is 0 Å². The third kappa shape index (κ3) is 2.63. The molecule has 0 saturated carbocycles. The molecule has 0 spiro atoms. The number of Topliss-reactive ketones (excluding diaryl/α,β-unsaturated/α-hetero) is 1. The average Bonchev–Trinajstić information content (AvgIpc) is 3.14. The van der Waals surface area contributed by atoms with Gasteiger partial charge in [-0.15, -0.1) is 11.3 Å². The third-order valence-electron chi connectivity index (χ3n) is 5.45. The van der Waals surface area contributed by atoms with Crippen LogP contribution in [0.25, 0.3) is 10.2 Å². The summed E-state index contributed by atoms with van der Waals surface area (Å²) in [7, 11) is 0. The summed E-state index contributed by atoms with van der Waals surface area (Å²) in [5.41, 5.74) is 3.82. The van der Waals surface area contributed by atoms with E-state index in [4.69, 9.17) is 0 Å². The van der Waals surface area contributed by atoms with Crippen molar-refractivity contribution in [3.63, 3.8) is 0 Å². The molecule has 1 aliphatic rings. The molecule has 0 N–H and O–H groups in total. The number of aromatic nitrogens is 3. The van der Waals surface area contributed by atoms with Crippen LogP contribution in [0.15, 0.2) is 17.2 Å². The number of fused-ring (bicyclic) bond motifs is 3. The van der Waals surface area contributed by atoms with Gasteiger partial charge in [-0.2, -0.15) is 0 Å². The van der Waals surface area contributed by atoms with Gasteiger partial charge in [0.2, 0.25) is 0 Å². The van der Waals surface area contributed by atoms with Crippen LogP contribution in [0.4, 0.5) is 0 Å². The van der Waals surface area contributed by atoms with Gasteiger partial charge in [0.15, 0.2) is 5.78 Å². The maximum absolute atomic E-state index is 13.0. The van der Waals surface area contributed by atoms with Crippen LogP contribution in [0.3, 0.4) is 0 Å². The maximum atomic E-state index is 13.0. The van der Waals surface area contributed by atoms with Gasteiger partial charge in [0.05, 0.1) is 18.3 Å². The van der Waals surface area contributed by atoms with E-state index >= 15 is 0 Å². The molecule has 3 aromatic heterocycles. The summed E-state index contributed by atoms with van der Waals surface area (Å²) in [6.07, 6.45) is 5.82. The molecule has 136 valence electrons. The number of carbonyl (C=O) groups is 1. The smallest absolute Gasteiger partial charge is 0.262 e. The normalized spacial score (nSPS) is 14.0. The first kappa shape index (κ1) is 17.2. The highest BCUT2D eigenvalue weighted by atomic mass is 32.1. The molecular formula is C20H23N3O2S. The Morgan fingerprint density at radius 2 is 2.04 bits per heavy atom. The van der Waals surface area contributed by atoms with Crippen LogP contribution in [0.2, 0.25) is 0 Å².